The number of nitrogens with one attached hydrogen (secondary N) is 2. The molecule has 5 rings (SSSR count). The van der Waals surface area contributed by atoms with E-state index in [1.54, 1.807) is 9.80 Å². The second kappa shape index (κ2) is 62.2. The predicted molar refractivity (Wildman–Crippen MR) is 617 cm³/mol. The zero-order valence-electron chi connectivity index (χ0n) is 99.1. The van der Waals surface area contributed by atoms with Crippen molar-refractivity contribution >= 4 is 23.2 Å². The van der Waals surface area contributed by atoms with Gasteiger partial charge in [0.15, 0.2) is 0 Å². The van der Waals surface area contributed by atoms with E-state index >= 15 is 0 Å². The zero-order chi connectivity index (χ0) is 105. The van der Waals surface area contributed by atoms with Crippen LogP contribution < -0.4 is 9.80 Å². The van der Waals surface area contributed by atoms with Crippen molar-refractivity contribution in [2.24, 2.45) is 67.5 Å². The lowest BCUT2D eigenvalue weighted by Gasteiger charge is -2.45. The van der Waals surface area contributed by atoms with Crippen LogP contribution in [0.2, 0.25) is 0 Å². The van der Waals surface area contributed by atoms with Crippen molar-refractivity contribution < 1.29 is 41.2 Å². The maximum Gasteiger partial charge on any atom is 0.129 e. The Morgan fingerprint density at radius 1 is 0.285 bits per heavy atom. The first-order valence-corrected chi connectivity index (χ1v) is 54.0. The fourth-order valence-electron chi connectivity index (χ4n) is 20.0. The number of nitrogens with zero attached hydrogens (tertiary/aromatic N) is 10. The summed E-state index contributed by atoms with van der Waals surface area (Å²) in [5.41, 5.74) is 16.3. The first-order chi connectivity index (χ1) is 61.1. The largest absolute Gasteiger partial charge is 0.335 e. The van der Waals surface area contributed by atoms with Crippen LogP contribution in [0.5, 0.6) is 0 Å². The Morgan fingerprint density at radius 2 is 0.526 bits per heavy atom. The molecule has 0 fully saturated rings. The van der Waals surface area contributed by atoms with Crippen molar-refractivity contribution in [2.75, 3.05) is 255 Å². The quantitative estimate of drug-likeness (QED) is 0.0299. The predicted octanol–water partition coefficient (Wildman–Crippen LogP) is 25.3. The van der Waals surface area contributed by atoms with Gasteiger partial charge in [-0.1, -0.05) is 277 Å². The molecule has 5 aromatic carbocycles. The molecule has 1 unspecified atom stereocenters. The molecule has 0 bridgehead atoms. The van der Waals surface area contributed by atoms with Gasteiger partial charge in [0, 0.05) is 71.3 Å². The minimum absolute atomic E-state index is 0. The molecule has 0 aliphatic carbocycles. The van der Waals surface area contributed by atoms with Crippen molar-refractivity contribution in [1.82, 2.24) is 14.7 Å². The summed E-state index contributed by atoms with van der Waals surface area (Å²) in [5.74, 6) is 5.04. The van der Waals surface area contributed by atoms with E-state index in [9.17, 15) is 0 Å². The summed E-state index contributed by atoms with van der Waals surface area (Å²) >= 11 is 11.2. The van der Waals surface area contributed by atoms with Crippen molar-refractivity contribution in [3.63, 3.8) is 0 Å². The van der Waals surface area contributed by atoms with Crippen molar-refractivity contribution in [3.8, 4) is 0 Å². The molecule has 5 aromatic rings. The van der Waals surface area contributed by atoms with Crippen LogP contribution in [0.3, 0.4) is 0 Å². The van der Waals surface area contributed by atoms with Crippen LogP contribution in [0.1, 0.15) is 288 Å². The number of benzene rings is 5. The Hall–Kier alpha value is -3.80. The molecular formula is C123H241Cl2N12+9. The fourth-order valence-corrected chi connectivity index (χ4v) is 20.3. The van der Waals surface area contributed by atoms with Gasteiger partial charge in [-0.3, -0.25) is 0 Å². The SMILES string of the molecule is C.C.CC(C)(C)CC(CC(CC(CC(C)(C)C)CC(C)(C)C)CC(CC(C)(C)C)CC(C)(C)C)CC(C(C)(C)C)C(C)(C)C.CCc1cccc(CC)c1.CN(C)CCN(C)CCN(C)C.C[N+](C)(C)Cc1cccc(C[N+](C)(C)CC[N+](C)(CC[N+](C)(C)Cc2cccc(C[N+](C)(C)C)c2)Cc2cccc(C[N+](C)(C)C)c2)c1.C[NH+](C)CC[N+](C)(C)CC[NH+](C)C.ClCc1cccc(CCl)c1. The molecule has 1 atom stereocenters. The third-order valence-electron chi connectivity index (χ3n) is 25.8. The highest BCUT2D eigenvalue weighted by molar-refractivity contribution is 6.17. The molecule has 0 aliphatic rings. The number of alkyl halides is 2. The monoisotopic (exact) mass is 1960 g/mol. The third-order valence-corrected chi connectivity index (χ3v) is 26.4. The molecule has 12 nitrogen and oxygen atoms in total. The summed E-state index contributed by atoms with van der Waals surface area (Å²) in [5, 5.41) is 0. The number of quaternary nitrogens is 9. The van der Waals surface area contributed by atoms with Crippen molar-refractivity contribution in [2.45, 2.75) is 296 Å². The summed E-state index contributed by atoms with van der Waals surface area (Å²) < 4.78 is 7.00. The summed E-state index contributed by atoms with van der Waals surface area (Å²) in [6, 6.07) is 44.7. The van der Waals surface area contributed by atoms with E-state index in [1.165, 1.54) is 128 Å². The highest BCUT2D eigenvalue weighted by Crippen LogP contribution is 2.49. The van der Waals surface area contributed by atoms with Gasteiger partial charge in [0.2, 0.25) is 0 Å². The molecule has 137 heavy (non-hydrogen) atoms. The average molecular weight is 1960 g/mol. The van der Waals surface area contributed by atoms with Crippen LogP contribution in [0.25, 0.3) is 0 Å². The Labute approximate surface area is 868 Å². The van der Waals surface area contributed by atoms with E-state index in [4.69, 9.17) is 23.2 Å². The van der Waals surface area contributed by atoms with Crippen LogP contribution in [0, 0.1) is 67.5 Å². The molecule has 0 aromatic heterocycles. The molecule has 2 N–H and O–H groups in total. The fraction of sp³-hybridized carbons (Fsp3) is 0.756. The Kier molecular flexibility index (Phi) is 62.4. The number of aryl methyl sites for hydroxylation is 2. The molecule has 0 amide bonds. The Morgan fingerprint density at radius 3 is 0.774 bits per heavy atom. The summed E-state index contributed by atoms with van der Waals surface area (Å²) in [6.07, 6.45) is 14.6. The van der Waals surface area contributed by atoms with Crippen molar-refractivity contribution in [1.29, 1.82) is 0 Å². The number of likely N-dealkylation sites (N-methyl/N-ethyl adjacent to an activating group) is 9. The van der Waals surface area contributed by atoms with Gasteiger partial charge in [0.25, 0.3) is 0 Å². The smallest absolute Gasteiger partial charge is 0.129 e. The first-order valence-electron chi connectivity index (χ1n) is 52.9. The second-order valence-corrected chi connectivity index (χ2v) is 57.5. The van der Waals surface area contributed by atoms with Gasteiger partial charge in [0.05, 0.1) is 141 Å². The summed E-state index contributed by atoms with van der Waals surface area (Å²) in [4.78, 5) is 9.88. The molecule has 0 spiro atoms. The molecular weight excluding hydrogens is 1720 g/mol. The lowest BCUT2D eigenvalue weighted by atomic mass is 9.61. The molecule has 0 saturated heterocycles. The van der Waals surface area contributed by atoms with Gasteiger partial charge in [-0.05, 0) is 214 Å². The first kappa shape index (κ1) is 137. The van der Waals surface area contributed by atoms with E-state index in [1.807, 2.05) is 24.3 Å². The normalized spacial score (nSPS) is 13.4. The molecule has 0 saturated carbocycles. The van der Waals surface area contributed by atoms with E-state index in [2.05, 4.69) is 447 Å². The number of rotatable bonds is 47. The maximum absolute atomic E-state index is 5.61. The van der Waals surface area contributed by atoms with Crippen molar-refractivity contribution in [3.05, 3.63) is 177 Å². The standard InChI is InChI=1S/C42H74N6.C42H86.C10H26N3.C10H14.C9H23N3.C8H8Cl2.2CH4/c1-43(2,3)31-37-18-15-21-40(28-37)34-46(10,11)24-26-48(14,36-42-23-17-20-39(30-42)33-45(7,8)9)27-25-47(12,13)35-41-22-16-19-38(29-41)32-44(4,5)6;1-36(2,3)26-32(25-35(41(16,17)18)42(19,20)21)22-31(23-33(27-37(4,5)6)28-38(7,8)9)24-34(29-39(10,11)12)30-40(13,14)15;1-11(2)7-9-13(5,6)10-8-12(3)4;1-3-9-6-5-7-10(4-2)8-9;1-10(2)6-8-12(5)9-7-11(3)4;9-5-7-2-1-3-8(4-7)6-10;;/h15-23,28-30H,24-27,31-36H2,1-14H3;31-35H,22-30H2,1-21H3;7-10H2,1-6H3;5-8H,3-4H2,1-2H3;6-9H2,1-5H3;1-4H,5-6H2;2*1H4/q+6;;+1;;;;;/p+2. The highest BCUT2D eigenvalue weighted by atomic mass is 35.5. The summed E-state index contributed by atoms with van der Waals surface area (Å²) in [6.45, 7) is 77.0. The van der Waals surface area contributed by atoms with E-state index in [0.29, 0.717) is 49.7 Å². The van der Waals surface area contributed by atoms with Crippen LogP contribution in [0.4, 0.5) is 0 Å². The zero-order valence-corrected chi connectivity index (χ0v) is 101. The molecule has 0 radical (unpaired) electrons. The minimum atomic E-state index is 0. The average Bonchev–Trinajstić information content (AvgIpc) is 0.816. The minimum Gasteiger partial charge on any atom is -0.335 e. The van der Waals surface area contributed by atoms with Crippen LogP contribution in [-0.4, -0.2) is 301 Å². The van der Waals surface area contributed by atoms with E-state index < -0.39 is 0 Å². The number of hydrogen-bond donors (Lipinski definition) is 2. The lowest BCUT2D eigenvalue weighted by molar-refractivity contribution is -0.989. The van der Waals surface area contributed by atoms with Gasteiger partial charge < -0.3 is 55.9 Å². The van der Waals surface area contributed by atoms with Crippen LogP contribution in [0.15, 0.2) is 121 Å². The second-order valence-electron chi connectivity index (χ2n) is 57.0. The Balaban J connectivity index is -0.00000179. The van der Waals surface area contributed by atoms with Gasteiger partial charge in [-0.15, -0.1) is 23.2 Å². The number of halogens is 2. The van der Waals surface area contributed by atoms with E-state index in [-0.39, 0.29) is 14.9 Å². The number of hydrogen-bond acceptors (Lipinski definition) is 3. The third kappa shape index (κ3) is 74.7. The topological polar surface area (TPSA) is 18.6 Å². The van der Waals surface area contributed by atoms with E-state index in [0.717, 1.165) is 177 Å². The maximum atomic E-state index is 5.61. The van der Waals surface area contributed by atoms with Gasteiger partial charge in [-0.2, -0.15) is 0 Å². The lowest BCUT2D eigenvalue weighted by Crippen LogP contribution is -3.07. The van der Waals surface area contributed by atoms with Crippen LogP contribution in [-0.2, 0) is 63.9 Å². The van der Waals surface area contributed by atoms with Gasteiger partial charge in [-0.25, -0.2) is 0 Å². The highest BCUT2D eigenvalue weighted by Gasteiger charge is 2.40. The Bertz CT molecular complexity index is 3660. The van der Waals surface area contributed by atoms with Gasteiger partial charge >= 0.3 is 0 Å². The molecule has 798 valence electrons. The summed E-state index contributed by atoms with van der Waals surface area (Å²) in [7, 11) is 56.8. The van der Waals surface area contributed by atoms with Gasteiger partial charge in [0.1, 0.15) is 91.6 Å². The molecule has 0 aliphatic heterocycles. The van der Waals surface area contributed by atoms with Crippen LogP contribution >= 0.6 is 23.2 Å². The molecule has 14 heteroatoms. The molecule has 0 heterocycles.